The van der Waals surface area contributed by atoms with Crippen molar-refractivity contribution in [3.63, 3.8) is 0 Å². The van der Waals surface area contributed by atoms with Gasteiger partial charge in [-0.2, -0.15) is 0 Å². The summed E-state index contributed by atoms with van der Waals surface area (Å²) in [7, 11) is 0. The molecule has 2 amide bonds. The molecule has 172 valence electrons. The highest BCUT2D eigenvalue weighted by molar-refractivity contribution is 8.04. The highest BCUT2D eigenvalue weighted by Gasteiger charge is 2.44. The second kappa shape index (κ2) is 9.71. The molecule has 7 heteroatoms. The number of rotatable bonds is 5. The summed E-state index contributed by atoms with van der Waals surface area (Å²) in [5, 5.41) is 11.9. The van der Waals surface area contributed by atoms with Crippen LogP contribution >= 0.6 is 11.8 Å². The number of piperidine rings is 1. The van der Waals surface area contributed by atoms with Gasteiger partial charge in [0.1, 0.15) is 11.5 Å². The normalized spacial score (nSPS) is 27.4. The number of carbonyl (C=O) groups excluding carboxylic acids is 2. The fraction of sp³-hybridized carbons (Fsp3) is 0.385. The first-order valence-corrected chi connectivity index (χ1v) is 12.6. The number of hydrogen-bond donors (Lipinski definition) is 3. The van der Waals surface area contributed by atoms with Crippen LogP contribution in [-0.2, 0) is 16.1 Å². The summed E-state index contributed by atoms with van der Waals surface area (Å²) in [4.78, 5) is 28.0. The molecule has 0 saturated carbocycles. The molecule has 0 spiro atoms. The van der Waals surface area contributed by atoms with Gasteiger partial charge in [0.05, 0.1) is 12.0 Å². The van der Waals surface area contributed by atoms with E-state index in [0.29, 0.717) is 13.1 Å². The molecular weight excluding hydrogens is 432 g/mol. The molecular formula is C26H30N4O2S. The Hall–Kier alpha value is -2.61. The highest BCUT2D eigenvalue weighted by atomic mass is 32.2. The molecule has 2 fully saturated rings. The Morgan fingerprint density at radius 1 is 1.15 bits per heavy atom. The first-order valence-electron chi connectivity index (χ1n) is 11.6. The summed E-state index contributed by atoms with van der Waals surface area (Å²) in [5.74, 6) is 0.0613. The Kier molecular flexibility index (Phi) is 6.53. The van der Waals surface area contributed by atoms with Crippen LogP contribution in [0.15, 0.2) is 60.0 Å². The van der Waals surface area contributed by atoms with E-state index in [1.165, 1.54) is 5.56 Å². The van der Waals surface area contributed by atoms with E-state index in [-0.39, 0.29) is 35.3 Å². The number of carbonyl (C=O) groups is 2. The van der Waals surface area contributed by atoms with Gasteiger partial charge in [0, 0.05) is 19.6 Å². The topological polar surface area (TPSA) is 73.5 Å². The van der Waals surface area contributed by atoms with Crippen molar-refractivity contribution >= 4 is 29.1 Å². The Balaban J connectivity index is 1.22. The molecule has 2 aromatic carbocycles. The Labute approximate surface area is 199 Å². The molecule has 0 radical (unpaired) electrons. The zero-order valence-electron chi connectivity index (χ0n) is 18.8. The van der Waals surface area contributed by atoms with Crippen molar-refractivity contribution in [3.05, 3.63) is 76.7 Å². The van der Waals surface area contributed by atoms with Crippen molar-refractivity contribution in [1.82, 2.24) is 20.9 Å². The summed E-state index contributed by atoms with van der Waals surface area (Å²) >= 11 is 1.58. The molecule has 6 nitrogen and oxygen atoms in total. The number of aryl methyl sites for hydroxylation is 1. The Morgan fingerprint density at radius 3 is 2.73 bits per heavy atom. The first kappa shape index (κ1) is 22.2. The van der Waals surface area contributed by atoms with Crippen molar-refractivity contribution in [2.45, 2.75) is 43.9 Å². The lowest BCUT2D eigenvalue weighted by molar-refractivity contribution is -0.129. The van der Waals surface area contributed by atoms with Crippen molar-refractivity contribution in [2.75, 3.05) is 13.1 Å². The minimum absolute atomic E-state index is 0.0353. The average molecular weight is 463 g/mol. The maximum absolute atomic E-state index is 12.9. The van der Waals surface area contributed by atoms with E-state index in [1.807, 2.05) is 18.2 Å². The van der Waals surface area contributed by atoms with Crippen LogP contribution in [0.4, 0.5) is 0 Å². The molecule has 0 aromatic heterocycles. The smallest absolute Gasteiger partial charge is 0.237 e. The molecule has 4 unspecified atom stereocenters. The lowest BCUT2D eigenvalue weighted by atomic mass is 9.94. The number of benzene rings is 2. The maximum Gasteiger partial charge on any atom is 0.237 e. The van der Waals surface area contributed by atoms with Gasteiger partial charge < -0.3 is 10.6 Å². The van der Waals surface area contributed by atoms with Crippen LogP contribution in [0.25, 0.3) is 5.57 Å². The molecule has 0 bridgehead atoms. The number of nitrogens with one attached hydrogen (secondary N) is 3. The molecule has 3 aliphatic heterocycles. The van der Waals surface area contributed by atoms with Crippen LogP contribution in [0.5, 0.6) is 0 Å². The van der Waals surface area contributed by atoms with E-state index in [1.54, 1.807) is 11.8 Å². The molecule has 0 aliphatic carbocycles. The summed E-state index contributed by atoms with van der Waals surface area (Å²) in [5.41, 5.74) is 4.62. The third-order valence-electron chi connectivity index (χ3n) is 6.74. The molecule has 5 rings (SSSR count). The zero-order chi connectivity index (χ0) is 22.8. The quantitative estimate of drug-likeness (QED) is 0.637. The van der Waals surface area contributed by atoms with Crippen molar-refractivity contribution < 1.29 is 9.59 Å². The first-order chi connectivity index (χ1) is 16.1. The summed E-state index contributed by atoms with van der Waals surface area (Å²) < 4.78 is 0. The number of likely N-dealkylation sites (tertiary alicyclic amines) is 1. The number of amides is 2. The fourth-order valence-electron chi connectivity index (χ4n) is 4.85. The van der Waals surface area contributed by atoms with E-state index < -0.39 is 0 Å². The Morgan fingerprint density at radius 2 is 1.94 bits per heavy atom. The summed E-state index contributed by atoms with van der Waals surface area (Å²) in [6, 6.07) is 18.4. The van der Waals surface area contributed by atoms with E-state index in [2.05, 4.69) is 69.6 Å². The summed E-state index contributed by atoms with van der Waals surface area (Å²) in [6.07, 6.45) is 1.53. The SMILES string of the molecule is Cc1ccc(CNC(=O)C2CCCN(C3NC(=O)C4SC=C(c5ccccc5)C4N3)C2)cc1. The maximum atomic E-state index is 12.9. The average Bonchev–Trinajstić information content (AvgIpc) is 3.29. The molecule has 2 aromatic rings. The second-order valence-corrected chi connectivity index (χ2v) is 10.1. The van der Waals surface area contributed by atoms with E-state index in [9.17, 15) is 9.59 Å². The predicted molar refractivity (Wildman–Crippen MR) is 132 cm³/mol. The fourth-order valence-corrected chi connectivity index (χ4v) is 6.00. The van der Waals surface area contributed by atoms with Gasteiger partial charge in [-0.05, 0) is 41.9 Å². The lowest BCUT2D eigenvalue weighted by Crippen LogP contribution is -2.69. The van der Waals surface area contributed by atoms with Crippen LogP contribution in [0.2, 0.25) is 0 Å². The highest BCUT2D eigenvalue weighted by Crippen LogP contribution is 2.38. The molecule has 4 atom stereocenters. The zero-order valence-corrected chi connectivity index (χ0v) is 19.6. The number of nitrogens with zero attached hydrogens (tertiary/aromatic N) is 1. The van der Waals surface area contributed by atoms with Crippen molar-refractivity contribution in [3.8, 4) is 0 Å². The van der Waals surface area contributed by atoms with Gasteiger partial charge in [0.15, 0.2) is 0 Å². The monoisotopic (exact) mass is 462 g/mol. The van der Waals surface area contributed by atoms with Gasteiger partial charge in [0.2, 0.25) is 11.8 Å². The van der Waals surface area contributed by atoms with Gasteiger partial charge in [0.25, 0.3) is 0 Å². The van der Waals surface area contributed by atoms with E-state index in [0.717, 1.165) is 36.1 Å². The molecule has 2 saturated heterocycles. The van der Waals surface area contributed by atoms with Crippen molar-refractivity contribution in [2.24, 2.45) is 5.92 Å². The minimum Gasteiger partial charge on any atom is -0.352 e. The van der Waals surface area contributed by atoms with Gasteiger partial charge in [-0.25, -0.2) is 0 Å². The third kappa shape index (κ3) is 4.86. The lowest BCUT2D eigenvalue weighted by Gasteiger charge is -2.43. The largest absolute Gasteiger partial charge is 0.352 e. The molecule has 3 N–H and O–H groups in total. The molecule has 3 aliphatic rings. The number of thioether (sulfide) groups is 1. The molecule has 3 heterocycles. The summed E-state index contributed by atoms with van der Waals surface area (Å²) in [6.45, 7) is 4.09. The second-order valence-electron chi connectivity index (χ2n) is 9.09. The van der Waals surface area contributed by atoms with Crippen LogP contribution < -0.4 is 16.0 Å². The predicted octanol–water partition coefficient (Wildman–Crippen LogP) is 2.85. The van der Waals surface area contributed by atoms with Gasteiger partial charge in [-0.15, -0.1) is 11.8 Å². The van der Waals surface area contributed by atoms with Crippen LogP contribution in [0, 0.1) is 12.8 Å². The van der Waals surface area contributed by atoms with Gasteiger partial charge in [-0.3, -0.25) is 19.8 Å². The van der Waals surface area contributed by atoms with Gasteiger partial charge >= 0.3 is 0 Å². The molecule has 33 heavy (non-hydrogen) atoms. The van der Waals surface area contributed by atoms with Crippen LogP contribution in [0.1, 0.15) is 29.5 Å². The minimum atomic E-state index is -0.266. The van der Waals surface area contributed by atoms with Crippen LogP contribution in [-0.4, -0.2) is 47.4 Å². The standard InChI is InChI=1S/C26H30N4O2S/c1-17-9-11-18(12-10-17)14-27-24(31)20-8-5-13-30(15-20)26-28-22-21(19-6-3-2-4-7-19)16-33-23(22)25(32)29-26/h2-4,6-7,9-12,16,20,22-23,26,28H,5,8,13-15H2,1H3,(H,27,31)(H,29,32). The Bertz CT molecular complexity index is 1040. The third-order valence-corrected chi connectivity index (χ3v) is 7.91. The number of hydrogen-bond acceptors (Lipinski definition) is 5. The van der Waals surface area contributed by atoms with E-state index >= 15 is 0 Å². The van der Waals surface area contributed by atoms with Crippen molar-refractivity contribution in [1.29, 1.82) is 0 Å². The van der Waals surface area contributed by atoms with Crippen LogP contribution in [0.3, 0.4) is 0 Å². The number of fused-ring (bicyclic) bond motifs is 1. The van der Waals surface area contributed by atoms with E-state index in [4.69, 9.17) is 0 Å². The van der Waals surface area contributed by atoms with Gasteiger partial charge in [-0.1, -0.05) is 60.2 Å².